The van der Waals surface area contributed by atoms with Crippen LogP contribution in [0.15, 0.2) is 22.7 Å². The van der Waals surface area contributed by atoms with E-state index in [0.29, 0.717) is 10.5 Å². The van der Waals surface area contributed by atoms with Gasteiger partial charge in [-0.2, -0.15) is 23.5 Å². The smallest absolute Gasteiger partial charge is 0.124 e. The van der Waals surface area contributed by atoms with E-state index in [9.17, 15) is 4.39 Å². The molecule has 2 rings (SSSR count). The fourth-order valence-corrected chi connectivity index (χ4v) is 5.58. The average molecular weight is 350 g/mol. The van der Waals surface area contributed by atoms with Crippen LogP contribution in [0.3, 0.4) is 0 Å². The van der Waals surface area contributed by atoms with Crippen LogP contribution in [-0.2, 0) is 6.42 Å². The molecular formula is C13H17BrFNS2. The summed E-state index contributed by atoms with van der Waals surface area (Å²) in [6, 6.07) is 4.96. The zero-order valence-corrected chi connectivity index (χ0v) is 13.5. The molecule has 0 aliphatic carbocycles. The van der Waals surface area contributed by atoms with E-state index in [0.717, 1.165) is 16.5 Å². The van der Waals surface area contributed by atoms with E-state index in [2.05, 4.69) is 22.9 Å². The van der Waals surface area contributed by atoms with Gasteiger partial charge in [-0.1, -0.05) is 28.9 Å². The highest BCUT2D eigenvalue weighted by atomic mass is 79.9. The lowest BCUT2D eigenvalue weighted by Gasteiger charge is -2.32. The lowest BCUT2D eigenvalue weighted by atomic mass is 10.0. The van der Waals surface area contributed by atoms with Gasteiger partial charge in [-0.3, -0.25) is 0 Å². The van der Waals surface area contributed by atoms with Crippen LogP contribution in [0.4, 0.5) is 4.39 Å². The van der Waals surface area contributed by atoms with Crippen molar-refractivity contribution in [3.05, 3.63) is 34.1 Å². The Morgan fingerprint density at radius 3 is 2.83 bits per heavy atom. The highest BCUT2D eigenvalue weighted by Crippen LogP contribution is 2.33. The number of thioether (sulfide) groups is 2. The van der Waals surface area contributed by atoms with Gasteiger partial charge in [-0.15, -0.1) is 0 Å². The van der Waals surface area contributed by atoms with E-state index in [-0.39, 0.29) is 11.9 Å². The van der Waals surface area contributed by atoms with Crippen molar-refractivity contribution in [2.24, 2.45) is 5.73 Å². The van der Waals surface area contributed by atoms with Crippen molar-refractivity contribution in [3.8, 4) is 0 Å². The van der Waals surface area contributed by atoms with Crippen LogP contribution in [0.5, 0.6) is 0 Å². The highest BCUT2D eigenvalue weighted by molar-refractivity contribution is 9.10. The molecule has 1 aromatic carbocycles. The van der Waals surface area contributed by atoms with Crippen LogP contribution in [0.25, 0.3) is 0 Å². The average Bonchev–Trinajstić information content (AvgIpc) is 2.33. The van der Waals surface area contributed by atoms with Gasteiger partial charge in [-0.25, -0.2) is 4.39 Å². The quantitative estimate of drug-likeness (QED) is 0.900. The van der Waals surface area contributed by atoms with Gasteiger partial charge in [-0.05, 0) is 24.1 Å². The third kappa shape index (κ3) is 3.65. The Balaban J connectivity index is 2.03. The Bertz CT molecular complexity index is 416. The van der Waals surface area contributed by atoms with Crippen LogP contribution < -0.4 is 5.73 Å². The summed E-state index contributed by atoms with van der Waals surface area (Å²) in [6.07, 6.45) is 0.795. The van der Waals surface area contributed by atoms with E-state index in [1.165, 1.54) is 23.6 Å². The van der Waals surface area contributed by atoms with E-state index in [1.807, 2.05) is 29.6 Å². The van der Waals surface area contributed by atoms with Crippen molar-refractivity contribution in [2.45, 2.75) is 29.9 Å². The highest BCUT2D eigenvalue weighted by Gasteiger charge is 2.28. The number of benzene rings is 1. The number of hydrogen-bond acceptors (Lipinski definition) is 3. The number of rotatable bonds is 3. The second-order valence-corrected chi connectivity index (χ2v) is 8.14. The van der Waals surface area contributed by atoms with E-state index < -0.39 is 0 Å². The molecule has 1 fully saturated rings. The first-order chi connectivity index (χ1) is 8.58. The van der Waals surface area contributed by atoms with Crippen molar-refractivity contribution in [3.63, 3.8) is 0 Å². The SMILES string of the molecule is CC1SCCSC1C(N)Cc1ccc(F)cc1Br. The summed E-state index contributed by atoms with van der Waals surface area (Å²) in [5.41, 5.74) is 7.42. The van der Waals surface area contributed by atoms with Crippen LogP contribution >= 0.6 is 39.5 Å². The normalized spacial score (nSPS) is 26.0. The molecule has 1 heterocycles. The summed E-state index contributed by atoms with van der Waals surface area (Å²) in [4.78, 5) is 0. The zero-order valence-electron chi connectivity index (χ0n) is 10.2. The minimum Gasteiger partial charge on any atom is -0.326 e. The van der Waals surface area contributed by atoms with Gasteiger partial charge in [0, 0.05) is 32.5 Å². The molecule has 0 aromatic heterocycles. The fourth-order valence-electron chi connectivity index (χ4n) is 2.18. The van der Waals surface area contributed by atoms with Gasteiger partial charge in [0.1, 0.15) is 5.82 Å². The third-order valence-corrected chi connectivity index (χ3v) is 7.14. The molecule has 3 unspecified atom stereocenters. The topological polar surface area (TPSA) is 26.0 Å². The maximum Gasteiger partial charge on any atom is 0.124 e. The van der Waals surface area contributed by atoms with Crippen molar-refractivity contribution in [1.29, 1.82) is 0 Å². The second-order valence-electron chi connectivity index (χ2n) is 4.52. The number of halogens is 2. The monoisotopic (exact) mass is 349 g/mol. The Labute approximate surface area is 125 Å². The molecule has 1 nitrogen and oxygen atoms in total. The summed E-state index contributed by atoms with van der Waals surface area (Å²) in [5, 5.41) is 1.08. The molecule has 0 bridgehead atoms. The van der Waals surface area contributed by atoms with E-state index >= 15 is 0 Å². The summed E-state index contributed by atoms with van der Waals surface area (Å²) in [6.45, 7) is 2.25. The first-order valence-corrected chi connectivity index (χ1v) is 8.89. The molecule has 0 spiro atoms. The molecule has 1 aliphatic heterocycles. The number of hydrogen-bond donors (Lipinski definition) is 1. The van der Waals surface area contributed by atoms with Gasteiger partial charge < -0.3 is 5.73 Å². The molecule has 1 saturated heterocycles. The fraction of sp³-hybridized carbons (Fsp3) is 0.538. The third-order valence-electron chi connectivity index (χ3n) is 3.13. The Morgan fingerprint density at radius 1 is 1.44 bits per heavy atom. The summed E-state index contributed by atoms with van der Waals surface area (Å²) >= 11 is 7.38. The van der Waals surface area contributed by atoms with Gasteiger partial charge in [0.15, 0.2) is 0 Å². The van der Waals surface area contributed by atoms with Gasteiger partial charge in [0.2, 0.25) is 0 Å². The maximum absolute atomic E-state index is 13.0. The zero-order chi connectivity index (χ0) is 13.1. The van der Waals surface area contributed by atoms with Crippen LogP contribution in [-0.4, -0.2) is 28.0 Å². The van der Waals surface area contributed by atoms with E-state index in [1.54, 1.807) is 0 Å². The molecular weight excluding hydrogens is 333 g/mol. The van der Waals surface area contributed by atoms with Crippen molar-refractivity contribution >= 4 is 39.5 Å². The van der Waals surface area contributed by atoms with Gasteiger partial charge >= 0.3 is 0 Å². The molecule has 100 valence electrons. The minimum absolute atomic E-state index is 0.125. The van der Waals surface area contributed by atoms with Crippen LogP contribution in [0.2, 0.25) is 0 Å². The Morgan fingerprint density at radius 2 is 2.17 bits per heavy atom. The second kappa shape index (κ2) is 6.64. The minimum atomic E-state index is -0.213. The van der Waals surface area contributed by atoms with Gasteiger partial charge in [0.05, 0.1) is 0 Å². The Hall–Kier alpha value is 0.290. The predicted molar refractivity (Wildman–Crippen MR) is 83.9 cm³/mol. The largest absolute Gasteiger partial charge is 0.326 e. The van der Waals surface area contributed by atoms with Crippen LogP contribution in [0.1, 0.15) is 12.5 Å². The van der Waals surface area contributed by atoms with E-state index in [4.69, 9.17) is 5.73 Å². The lowest BCUT2D eigenvalue weighted by Crippen LogP contribution is -2.42. The predicted octanol–water partition coefficient (Wildman–Crippen LogP) is 3.70. The molecule has 1 aromatic rings. The van der Waals surface area contributed by atoms with Crippen molar-refractivity contribution in [2.75, 3.05) is 11.5 Å². The first kappa shape index (κ1) is 14.7. The summed E-state index contributed by atoms with van der Waals surface area (Å²) in [5.74, 6) is 2.18. The van der Waals surface area contributed by atoms with Crippen molar-refractivity contribution in [1.82, 2.24) is 0 Å². The molecule has 2 N–H and O–H groups in total. The summed E-state index contributed by atoms with van der Waals surface area (Å²) < 4.78 is 13.9. The molecule has 18 heavy (non-hydrogen) atoms. The van der Waals surface area contributed by atoms with Gasteiger partial charge in [0.25, 0.3) is 0 Å². The Kier molecular flexibility index (Phi) is 5.42. The molecule has 0 radical (unpaired) electrons. The van der Waals surface area contributed by atoms with Crippen LogP contribution in [0, 0.1) is 5.82 Å². The molecule has 3 atom stereocenters. The summed E-state index contributed by atoms with van der Waals surface area (Å²) in [7, 11) is 0. The first-order valence-electron chi connectivity index (χ1n) is 6.00. The standard InChI is InChI=1S/C13H17BrFNS2/c1-8-13(18-5-4-17-8)12(16)6-9-2-3-10(15)7-11(9)14/h2-3,7-8,12-13H,4-6,16H2,1H3. The lowest BCUT2D eigenvalue weighted by molar-refractivity contribution is 0.611. The molecule has 0 saturated carbocycles. The molecule has 5 heteroatoms. The number of nitrogens with two attached hydrogens (primary N) is 1. The molecule has 0 amide bonds. The molecule has 1 aliphatic rings. The van der Waals surface area contributed by atoms with Crippen molar-refractivity contribution < 1.29 is 4.39 Å². The maximum atomic E-state index is 13.0.